The molecule has 1 saturated heterocycles. The summed E-state index contributed by atoms with van der Waals surface area (Å²) in [6.45, 7) is 5.74. The van der Waals surface area contributed by atoms with Gasteiger partial charge in [-0.2, -0.15) is 0 Å². The summed E-state index contributed by atoms with van der Waals surface area (Å²) in [4.78, 5) is 14.4. The molecule has 1 aliphatic rings. The van der Waals surface area contributed by atoms with Crippen LogP contribution in [0.25, 0.3) is 0 Å². The van der Waals surface area contributed by atoms with Crippen LogP contribution < -0.4 is 19.1 Å². The van der Waals surface area contributed by atoms with Crippen molar-refractivity contribution in [3.8, 4) is 11.5 Å². The molecule has 0 bridgehead atoms. The number of benzene rings is 2. The van der Waals surface area contributed by atoms with Crippen molar-refractivity contribution in [2.75, 3.05) is 25.7 Å². The Hall–Kier alpha value is -2.58. The normalized spacial score (nSPS) is 16.9. The van der Waals surface area contributed by atoms with Crippen molar-refractivity contribution >= 4 is 21.6 Å². The molecule has 0 spiro atoms. The minimum Gasteiger partial charge on any atom is -0.493 e. The molecule has 0 saturated carbocycles. The van der Waals surface area contributed by atoms with Crippen LogP contribution in [0.3, 0.4) is 0 Å². The van der Waals surface area contributed by atoms with E-state index in [1.807, 2.05) is 19.1 Å². The summed E-state index contributed by atoms with van der Waals surface area (Å²) in [6, 6.07) is 8.36. The van der Waals surface area contributed by atoms with Crippen LogP contribution in [0.1, 0.15) is 23.1 Å². The maximum absolute atomic E-state index is 13.0. The van der Waals surface area contributed by atoms with Crippen molar-refractivity contribution < 1.29 is 22.7 Å². The Kier molecular flexibility index (Phi) is 5.86. The highest BCUT2D eigenvalue weighted by Gasteiger charge is 2.34. The molecule has 0 radical (unpaired) electrons. The van der Waals surface area contributed by atoms with Crippen LogP contribution in [0.4, 0.5) is 5.69 Å². The topological polar surface area (TPSA) is 84.9 Å². The lowest BCUT2D eigenvalue weighted by Gasteiger charge is -2.19. The summed E-state index contributed by atoms with van der Waals surface area (Å²) in [5.74, 6) is 0.917. The molecule has 2 aromatic rings. The molecule has 1 unspecified atom stereocenters. The summed E-state index contributed by atoms with van der Waals surface area (Å²) in [5, 5.41) is 0. The molecule has 1 amide bonds. The molecule has 0 aromatic heterocycles. The number of nitrogens with zero attached hydrogens (tertiary/aromatic N) is 1. The molecule has 8 heteroatoms. The summed E-state index contributed by atoms with van der Waals surface area (Å²) in [5.41, 5.74) is 3.03. The van der Waals surface area contributed by atoms with E-state index in [0.717, 1.165) is 5.56 Å². The number of hydrogen-bond acceptors (Lipinski definition) is 5. The second-order valence-electron chi connectivity index (χ2n) is 7.29. The molecular formula is C21H26N2O5S. The van der Waals surface area contributed by atoms with Crippen LogP contribution >= 0.6 is 0 Å². The van der Waals surface area contributed by atoms with E-state index in [4.69, 9.17) is 9.47 Å². The average Bonchev–Trinajstić information content (AvgIpc) is 2.99. The highest BCUT2D eigenvalue weighted by molar-refractivity contribution is 7.89. The van der Waals surface area contributed by atoms with Gasteiger partial charge in [0.15, 0.2) is 11.5 Å². The molecule has 1 aliphatic heterocycles. The van der Waals surface area contributed by atoms with Gasteiger partial charge in [-0.25, -0.2) is 13.1 Å². The summed E-state index contributed by atoms with van der Waals surface area (Å²) in [7, 11) is -0.683. The van der Waals surface area contributed by atoms with Gasteiger partial charge in [0.25, 0.3) is 0 Å². The third kappa shape index (κ3) is 4.23. The van der Waals surface area contributed by atoms with Crippen molar-refractivity contribution in [1.29, 1.82) is 0 Å². The molecule has 156 valence electrons. The third-order valence-electron chi connectivity index (χ3n) is 5.00. The number of methoxy groups -OCH3 is 2. The van der Waals surface area contributed by atoms with E-state index in [0.29, 0.717) is 28.3 Å². The minimum atomic E-state index is -3.75. The van der Waals surface area contributed by atoms with E-state index in [1.165, 1.54) is 7.11 Å². The van der Waals surface area contributed by atoms with Crippen molar-refractivity contribution in [2.24, 2.45) is 0 Å². The Balaban J connectivity index is 1.82. The lowest BCUT2D eigenvalue weighted by Crippen LogP contribution is -2.37. The zero-order valence-electron chi connectivity index (χ0n) is 17.3. The molecule has 3 rings (SSSR count). The first-order valence-electron chi connectivity index (χ1n) is 9.29. The third-order valence-corrected chi connectivity index (χ3v) is 6.82. The zero-order valence-corrected chi connectivity index (χ0v) is 18.1. The van der Waals surface area contributed by atoms with Gasteiger partial charge in [-0.05, 0) is 44.0 Å². The van der Waals surface area contributed by atoms with Crippen LogP contribution in [0.2, 0.25) is 0 Å². The number of nitrogens with one attached hydrogen (secondary N) is 1. The Labute approximate surface area is 171 Å². The molecule has 29 heavy (non-hydrogen) atoms. The summed E-state index contributed by atoms with van der Waals surface area (Å²) >= 11 is 0. The number of amides is 1. The monoisotopic (exact) mass is 418 g/mol. The Morgan fingerprint density at radius 1 is 1.00 bits per heavy atom. The minimum absolute atomic E-state index is 0.0948. The predicted molar refractivity (Wildman–Crippen MR) is 111 cm³/mol. The van der Waals surface area contributed by atoms with Crippen LogP contribution in [-0.2, 0) is 14.8 Å². The Morgan fingerprint density at radius 2 is 1.62 bits per heavy atom. The number of aryl methyl sites for hydroxylation is 3. The van der Waals surface area contributed by atoms with Gasteiger partial charge in [0.2, 0.25) is 15.9 Å². The zero-order chi connectivity index (χ0) is 21.3. The maximum atomic E-state index is 13.0. The lowest BCUT2D eigenvalue weighted by molar-refractivity contribution is -0.117. The first-order valence-corrected chi connectivity index (χ1v) is 10.8. The highest BCUT2D eigenvalue weighted by Crippen LogP contribution is 2.33. The standard InChI is InChI=1S/C21H26N2O5S/c1-13-8-14(2)21(15(3)9-13)29(25,26)22-16-10-20(24)23(12-16)17-6-7-18(27-4)19(11-17)28-5/h6-9,11,16,22H,10,12H2,1-5H3. The number of anilines is 1. The average molecular weight is 419 g/mol. The fourth-order valence-corrected chi connectivity index (χ4v) is 5.58. The molecule has 1 N–H and O–H groups in total. The molecule has 1 atom stereocenters. The van der Waals surface area contributed by atoms with E-state index < -0.39 is 16.1 Å². The Morgan fingerprint density at radius 3 is 2.21 bits per heavy atom. The van der Waals surface area contributed by atoms with Gasteiger partial charge in [0, 0.05) is 30.8 Å². The van der Waals surface area contributed by atoms with Crippen molar-refractivity contribution in [3.05, 3.63) is 47.0 Å². The first-order chi connectivity index (χ1) is 13.7. The molecule has 0 aliphatic carbocycles. The van der Waals surface area contributed by atoms with E-state index in [2.05, 4.69) is 4.72 Å². The van der Waals surface area contributed by atoms with Crippen LogP contribution in [0, 0.1) is 20.8 Å². The number of rotatable bonds is 6. The SMILES string of the molecule is COc1ccc(N2CC(NS(=O)(=O)c3c(C)cc(C)cc3C)CC2=O)cc1OC. The van der Waals surface area contributed by atoms with E-state index in [1.54, 1.807) is 44.1 Å². The van der Waals surface area contributed by atoms with Crippen molar-refractivity contribution in [2.45, 2.75) is 38.1 Å². The quantitative estimate of drug-likeness (QED) is 0.780. The summed E-state index contributed by atoms with van der Waals surface area (Å²) < 4.78 is 39.2. The van der Waals surface area contributed by atoms with E-state index in [-0.39, 0.29) is 23.8 Å². The predicted octanol–water partition coefficient (Wildman–Crippen LogP) is 2.71. The number of hydrogen-bond donors (Lipinski definition) is 1. The van der Waals surface area contributed by atoms with Gasteiger partial charge < -0.3 is 14.4 Å². The largest absolute Gasteiger partial charge is 0.493 e. The van der Waals surface area contributed by atoms with E-state index in [9.17, 15) is 13.2 Å². The fourth-order valence-electron chi connectivity index (χ4n) is 3.90. The molecule has 1 heterocycles. The second kappa shape index (κ2) is 8.04. The molecule has 7 nitrogen and oxygen atoms in total. The maximum Gasteiger partial charge on any atom is 0.241 e. The fraction of sp³-hybridized carbons (Fsp3) is 0.381. The molecule has 2 aromatic carbocycles. The molecular weight excluding hydrogens is 392 g/mol. The highest BCUT2D eigenvalue weighted by atomic mass is 32.2. The van der Waals surface area contributed by atoms with Crippen LogP contribution in [0.5, 0.6) is 11.5 Å². The van der Waals surface area contributed by atoms with Gasteiger partial charge in [0.05, 0.1) is 19.1 Å². The van der Waals surface area contributed by atoms with Gasteiger partial charge in [-0.3, -0.25) is 4.79 Å². The second-order valence-corrected chi connectivity index (χ2v) is 8.94. The first kappa shape index (κ1) is 21.1. The number of carbonyl (C=O) groups is 1. The van der Waals surface area contributed by atoms with Gasteiger partial charge >= 0.3 is 0 Å². The lowest BCUT2D eigenvalue weighted by atomic mass is 10.1. The van der Waals surface area contributed by atoms with Crippen LogP contribution in [0.15, 0.2) is 35.2 Å². The smallest absolute Gasteiger partial charge is 0.241 e. The van der Waals surface area contributed by atoms with Gasteiger partial charge in [-0.1, -0.05) is 17.7 Å². The van der Waals surface area contributed by atoms with E-state index >= 15 is 0 Å². The van der Waals surface area contributed by atoms with Gasteiger partial charge in [0.1, 0.15) is 0 Å². The molecule has 1 fully saturated rings. The van der Waals surface area contributed by atoms with Crippen molar-refractivity contribution in [1.82, 2.24) is 4.72 Å². The number of carbonyl (C=O) groups excluding carboxylic acids is 1. The Bertz CT molecular complexity index is 1030. The number of ether oxygens (including phenoxy) is 2. The van der Waals surface area contributed by atoms with Crippen molar-refractivity contribution in [3.63, 3.8) is 0 Å². The van der Waals surface area contributed by atoms with Crippen LogP contribution in [-0.4, -0.2) is 41.1 Å². The van der Waals surface area contributed by atoms with Gasteiger partial charge in [-0.15, -0.1) is 0 Å². The summed E-state index contributed by atoms with van der Waals surface area (Å²) in [6.07, 6.45) is 0.0948. The number of sulfonamides is 1.